The van der Waals surface area contributed by atoms with Crippen LogP contribution in [0.4, 0.5) is 0 Å². The van der Waals surface area contributed by atoms with Gasteiger partial charge in [0.2, 0.25) is 0 Å². The van der Waals surface area contributed by atoms with Crippen molar-refractivity contribution in [2.75, 3.05) is 18.9 Å². The molecule has 0 aromatic rings. The van der Waals surface area contributed by atoms with Gasteiger partial charge in [-0.05, 0) is 38.1 Å². The van der Waals surface area contributed by atoms with E-state index in [9.17, 15) is 5.26 Å². The molecule has 2 N–H and O–H groups in total. The van der Waals surface area contributed by atoms with Gasteiger partial charge in [0.15, 0.2) is 0 Å². The summed E-state index contributed by atoms with van der Waals surface area (Å²) in [6.45, 7) is 5.40. The van der Waals surface area contributed by atoms with Crippen LogP contribution in [0, 0.1) is 17.2 Å². The Morgan fingerprint density at radius 2 is 2.29 bits per heavy atom. The summed E-state index contributed by atoms with van der Waals surface area (Å²) in [5.41, 5.74) is -0.329. The van der Waals surface area contributed by atoms with Gasteiger partial charge < -0.3 is 5.11 Å². The first-order chi connectivity index (χ1) is 8.18. The average Bonchev–Trinajstić information content (AvgIpc) is 3.15. The molecule has 4 heteroatoms. The van der Waals surface area contributed by atoms with E-state index in [1.165, 1.54) is 12.8 Å². The summed E-state index contributed by atoms with van der Waals surface area (Å²) < 4.78 is 0. The van der Waals surface area contributed by atoms with Gasteiger partial charge in [-0.1, -0.05) is 13.8 Å². The standard InChI is InChI=1S/C13H24N2OS/c1-3-7-15-13(9-14,12-4-5-12)10-17-11(2)6-8-16/h11-12,15-16H,3-8,10H2,1-2H3. The first-order valence-corrected chi connectivity index (χ1v) is 7.62. The summed E-state index contributed by atoms with van der Waals surface area (Å²) in [5.74, 6) is 1.38. The zero-order valence-electron chi connectivity index (χ0n) is 10.9. The average molecular weight is 256 g/mol. The maximum Gasteiger partial charge on any atom is 0.118 e. The second-order valence-corrected chi connectivity index (χ2v) is 6.34. The lowest BCUT2D eigenvalue weighted by molar-refractivity contribution is 0.288. The molecule has 2 unspecified atom stereocenters. The zero-order chi connectivity index (χ0) is 12.7. The predicted octanol–water partition coefficient (Wildman–Crippen LogP) is 2.16. The summed E-state index contributed by atoms with van der Waals surface area (Å²) in [4.78, 5) is 0. The van der Waals surface area contributed by atoms with E-state index in [-0.39, 0.29) is 12.1 Å². The predicted molar refractivity (Wildman–Crippen MR) is 73.0 cm³/mol. The molecule has 0 spiro atoms. The molecule has 0 radical (unpaired) electrons. The number of thioether (sulfide) groups is 1. The number of aliphatic hydroxyl groups is 1. The van der Waals surface area contributed by atoms with Gasteiger partial charge in [0, 0.05) is 17.6 Å². The van der Waals surface area contributed by atoms with Gasteiger partial charge in [0.1, 0.15) is 5.54 Å². The molecule has 0 aliphatic heterocycles. The lowest BCUT2D eigenvalue weighted by Crippen LogP contribution is -2.49. The third-order valence-corrected chi connectivity index (χ3v) is 4.72. The van der Waals surface area contributed by atoms with Gasteiger partial charge in [-0.3, -0.25) is 5.32 Å². The van der Waals surface area contributed by atoms with Gasteiger partial charge in [0.05, 0.1) is 6.07 Å². The number of hydrogen-bond donors (Lipinski definition) is 2. The molecule has 1 fully saturated rings. The van der Waals surface area contributed by atoms with E-state index in [1.807, 2.05) is 0 Å². The molecule has 98 valence electrons. The molecular formula is C13H24N2OS. The fourth-order valence-electron chi connectivity index (χ4n) is 1.94. The molecule has 1 aliphatic carbocycles. The molecule has 1 rings (SSSR count). The van der Waals surface area contributed by atoms with Crippen molar-refractivity contribution in [1.82, 2.24) is 5.32 Å². The summed E-state index contributed by atoms with van der Waals surface area (Å²) >= 11 is 1.81. The molecule has 17 heavy (non-hydrogen) atoms. The first-order valence-electron chi connectivity index (χ1n) is 6.57. The third-order valence-electron chi connectivity index (χ3n) is 3.30. The minimum atomic E-state index is -0.329. The maximum atomic E-state index is 9.48. The number of aliphatic hydroxyl groups excluding tert-OH is 1. The van der Waals surface area contributed by atoms with Crippen LogP contribution in [0.2, 0.25) is 0 Å². The Morgan fingerprint density at radius 1 is 1.59 bits per heavy atom. The van der Waals surface area contributed by atoms with Crippen molar-refractivity contribution in [3.05, 3.63) is 0 Å². The van der Waals surface area contributed by atoms with E-state index in [4.69, 9.17) is 5.11 Å². The highest BCUT2D eigenvalue weighted by Gasteiger charge is 2.45. The Hall–Kier alpha value is -0.240. The third kappa shape index (κ3) is 4.50. The largest absolute Gasteiger partial charge is 0.396 e. The molecule has 2 atom stereocenters. The summed E-state index contributed by atoms with van der Waals surface area (Å²) in [6, 6.07) is 2.52. The Labute approximate surface area is 109 Å². The van der Waals surface area contributed by atoms with E-state index in [0.717, 1.165) is 25.1 Å². The molecule has 0 aromatic carbocycles. The minimum Gasteiger partial charge on any atom is -0.396 e. The van der Waals surface area contributed by atoms with Crippen molar-refractivity contribution in [1.29, 1.82) is 5.26 Å². The Kier molecular flexibility index (Phi) is 6.32. The summed E-state index contributed by atoms with van der Waals surface area (Å²) in [6.07, 6.45) is 4.23. The maximum absolute atomic E-state index is 9.48. The van der Waals surface area contributed by atoms with Crippen LogP contribution in [0.1, 0.15) is 39.5 Å². The van der Waals surface area contributed by atoms with Crippen molar-refractivity contribution in [2.45, 2.75) is 50.3 Å². The Balaban J connectivity index is 2.48. The van der Waals surface area contributed by atoms with Crippen LogP contribution in [-0.4, -0.2) is 34.8 Å². The van der Waals surface area contributed by atoms with E-state index in [0.29, 0.717) is 11.2 Å². The quantitative estimate of drug-likeness (QED) is 0.664. The molecule has 3 nitrogen and oxygen atoms in total. The molecule has 0 aromatic heterocycles. The van der Waals surface area contributed by atoms with Crippen LogP contribution in [-0.2, 0) is 0 Å². The first kappa shape index (κ1) is 14.8. The second-order valence-electron chi connectivity index (χ2n) is 4.92. The smallest absolute Gasteiger partial charge is 0.118 e. The monoisotopic (exact) mass is 256 g/mol. The van der Waals surface area contributed by atoms with Gasteiger partial charge in [-0.15, -0.1) is 0 Å². The molecule has 1 aliphatic rings. The zero-order valence-corrected chi connectivity index (χ0v) is 11.7. The van der Waals surface area contributed by atoms with Gasteiger partial charge in [-0.25, -0.2) is 0 Å². The SMILES string of the molecule is CCCNC(C#N)(CSC(C)CCO)C1CC1. The number of rotatable bonds is 9. The summed E-state index contributed by atoms with van der Waals surface area (Å²) in [5, 5.41) is 22.2. The highest BCUT2D eigenvalue weighted by Crippen LogP contribution is 2.41. The van der Waals surface area contributed by atoms with Crippen LogP contribution in [0.15, 0.2) is 0 Å². The second kappa shape index (κ2) is 7.25. The highest BCUT2D eigenvalue weighted by molar-refractivity contribution is 7.99. The highest BCUT2D eigenvalue weighted by atomic mass is 32.2. The number of nitrogens with zero attached hydrogens (tertiary/aromatic N) is 1. The Bertz CT molecular complexity index is 263. The van der Waals surface area contributed by atoms with Gasteiger partial charge in [0.25, 0.3) is 0 Å². The van der Waals surface area contributed by atoms with E-state index in [2.05, 4.69) is 25.2 Å². The molecule has 0 bridgehead atoms. The van der Waals surface area contributed by atoms with Gasteiger partial charge >= 0.3 is 0 Å². The van der Waals surface area contributed by atoms with Crippen molar-refractivity contribution in [2.24, 2.45) is 5.92 Å². The number of nitriles is 1. The van der Waals surface area contributed by atoms with E-state index < -0.39 is 0 Å². The molecule has 0 amide bonds. The van der Waals surface area contributed by atoms with E-state index >= 15 is 0 Å². The van der Waals surface area contributed by atoms with Crippen LogP contribution in [0.3, 0.4) is 0 Å². The van der Waals surface area contributed by atoms with Crippen molar-refractivity contribution in [3.8, 4) is 6.07 Å². The fourth-order valence-corrected chi connectivity index (χ4v) is 3.16. The van der Waals surface area contributed by atoms with Crippen LogP contribution in [0.5, 0.6) is 0 Å². The molecular weight excluding hydrogens is 232 g/mol. The number of nitrogens with one attached hydrogen (secondary N) is 1. The molecule has 0 saturated heterocycles. The fraction of sp³-hybridized carbons (Fsp3) is 0.923. The lowest BCUT2D eigenvalue weighted by atomic mass is 9.97. The minimum absolute atomic E-state index is 0.236. The van der Waals surface area contributed by atoms with Gasteiger partial charge in [-0.2, -0.15) is 17.0 Å². The number of hydrogen-bond acceptors (Lipinski definition) is 4. The normalized spacial score (nSPS) is 20.6. The van der Waals surface area contributed by atoms with Crippen LogP contribution < -0.4 is 5.32 Å². The van der Waals surface area contributed by atoms with Crippen molar-refractivity contribution < 1.29 is 5.11 Å². The lowest BCUT2D eigenvalue weighted by Gasteiger charge is -2.28. The van der Waals surface area contributed by atoms with Crippen molar-refractivity contribution >= 4 is 11.8 Å². The van der Waals surface area contributed by atoms with Crippen LogP contribution >= 0.6 is 11.8 Å². The van der Waals surface area contributed by atoms with Crippen molar-refractivity contribution in [3.63, 3.8) is 0 Å². The molecule has 1 saturated carbocycles. The van der Waals surface area contributed by atoms with Crippen LogP contribution in [0.25, 0.3) is 0 Å². The molecule has 0 heterocycles. The Morgan fingerprint density at radius 3 is 2.76 bits per heavy atom. The summed E-state index contributed by atoms with van der Waals surface area (Å²) in [7, 11) is 0. The van der Waals surface area contributed by atoms with E-state index in [1.54, 1.807) is 11.8 Å². The topological polar surface area (TPSA) is 56.0 Å².